The van der Waals surface area contributed by atoms with Gasteiger partial charge in [-0.25, -0.2) is 13.8 Å². The molecule has 168 valence electrons. The quantitative estimate of drug-likeness (QED) is 0.363. The molecule has 0 aliphatic heterocycles. The maximum Gasteiger partial charge on any atom is 0.270 e. The Balaban J connectivity index is 1.81. The second-order valence-electron chi connectivity index (χ2n) is 7.94. The van der Waals surface area contributed by atoms with Crippen LogP contribution in [0.15, 0.2) is 78.9 Å². The van der Waals surface area contributed by atoms with Crippen LogP contribution in [-0.4, -0.2) is 15.5 Å². The summed E-state index contributed by atoms with van der Waals surface area (Å²) in [5.74, 6) is -1.27. The second kappa shape index (κ2) is 9.77. The Morgan fingerprint density at radius 3 is 2.15 bits per heavy atom. The predicted molar refractivity (Wildman–Crippen MR) is 126 cm³/mol. The summed E-state index contributed by atoms with van der Waals surface area (Å²) in [6.07, 6.45) is 1.63. The highest BCUT2D eigenvalue weighted by Gasteiger charge is 2.26. The van der Waals surface area contributed by atoms with E-state index in [0.717, 1.165) is 30.0 Å². The van der Waals surface area contributed by atoms with Crippen molar-refractivity contribution in [3.63, 3.8) is 0 Å². The Bertz CT molecular complexity index is 1230. The van der Waals surface area contributed by atoms with Crippen molar-refractivity contribution >= 4 is 5.91 Å². The van der Waals surface area contributed by atoms with Crippen LogP contribution in [0.25, 0.3) is 22.6 Å². The van der Waals surface area contributed by atoms with Gasteiger partial charge in [0.2, 0.25) is 0 Å². The molecule has 1 atom stereocenters. The molecule has 0 bridgehead atoms. The van der Waals surface area contributed by atoms with Gasteiger partial charge in [-0.15, -0.1) is 0 Å². The zero-order chi connectivity index (χ0) is 23.4. The Labute approximate surface area is 191 Å². The molecule has 1 N–H and O–H groups in total. The number of hydrogen-bond acceptors (Lipinski definition) is 2. The van der Waals surface area contributed by atoms with Crippen molar-refractivity contribution in [2.75, 3.05) is 0 Å². The fraction of sp³-hybridized carbons (Fsp3) is 0.185. The fourth-order valence-corrected chi connectivity index (χ4v) is 4.02. The van der Waals surface area contributed by atoms with Gasteiger partial charge in [0.25, 0.3) is 5.91 Å². The summed E-state index contributed by atoms with van der Waals surface area (Å²) in [5, 5.41) is 3.11. The van der Waals surface area contributed by atoms with E-state index in [1.54, 1.807) is 11.6 Å². The molecule has 0 aliphatic carbocycles. The Morgan fingerprint density at radius 1 is 0.939 bits per heavy atom. The first kappa shape index (κ1) is 22.4. The van der Waals surface area contributed by atoms with Crippen LogP contribution in [0.2, 0.25) is 0 Å². The molecule has 1 aromatic heterocycles. The minimum atomic E-state index is -0.726. The first-order chi connectivity index (χ1) is 16.0. The lowest BCUT2D eigenvalue weighted by molar-refractivity contribution is 0.0927. The van der Waals surface area contributed by atoms with Crippen molar-refractivity contribution in [2.24, 2.45) is 7.05 Å². The highest BCUT2D eigenvalue weighted by Crippen LogP contribution is 2.30. The summed E-state index contributed by atoms with van der Waals surface area (Å²) in [5.41, 5.74) is 2.48. The zero-order valence-corrected chi connectivity index (χ0v) is 18.6. The summed E-state index contributed by atoms with van der Waals surface area (Å²) >= 11 is 0. The van der Waals surface area contributed by atoms with E-state index < -0.39 is 11.6 Å². The molecule has 1 unspecified atom stereocenters. The molecular weight excluding hydrogens is 420 g/mol. The number of carbonyl (C=O) groups excluding carboxylic acids is 1. The van der Waals surface area contributed by atoms with E-state index >= 15 is 0 Å². The summed E-state index contributed by atoms with van der Waals surface area (Å²) in [6.45, 7) is 2.06. The van der Waals surface area contributed by atoms with Crippen molar-refractivity contribution in [3.05, 3.63) is 102 Å². The number of amides is 1. The van der Waals surface area contributed by atoms with Gasteiger partial charge in [-0.05, 0) is 24.1 Å². The van der Waals surface area contributed by atoms with E-state index in [2.05, 4.69) is 17.2 Å². The third kappa shape index (κ3) is 4.85. The first-order valence-corrected chi connectivity index (χ1v) is 10.9. The number of hydrogen-bond donors (Lipinski definition) is 1. The van der Waals surface area contributed by atoms with Gasteiger partial charge in [0, 0.05) is 24.2 Å². The summed E-state index contributed by atoms with van der Waals surface area (Å²) in [6, 6.07) is 22.1. The molecule has 0 fully saturated rings. The van der Waals surface area contributed by atoms with E-state index in [1.807, 2.05) is 60.7 Å². The number of benzene rings is 3. The number of imidazole rings is 1. The van der Waals surface area contributed by atoms with Gasteiger partial charge >= 0.3 is 0 Å². The lowest BCUT2D eigenvalue weighted by atomic mass is 10.0. The Morgan fingerprint density at radius 2 is 1.55 bits per heavy atom. The van der Waals surface area contributed by atoms with Crippen LogP contribution in [0.1, 0.15) is 41.9 Å². The highest BCUT2D eigenvalue weighted by molar-refractivity contribution is 5.99. The molecule has 4 nitrogen and oxygen atoms in total. The van der Waals surface area contributed by atoms with Gasteiger partial charge < -0.3 is 9.88 Å². The van der Waals surface area contributed by atoms with Crippen LogP contribution >= 0.6 is 0 Å². The fourth-order valence-electron chi connectivity index (χ4n) is 4.02. The molecule has 33 heavy (non-hydrogen) atoms. The van der Waals surface area contributed by atoms with Crippen molar-refractivity contribution in [1.82, 2.24) is 14.9 Å². The summed E-state index contributed by atoms with van der Waals surface area (Å²) in [4.78, 5) is 18.2. The molecule has 1 amide bonds. The number of nitrogens with zero attached hydrogens (tertiary/aromatic N) is 2. The van der Waals surface area contributed by atoms with Gasteiger partial charge in [-0.3, -0.25) is 4.79 Å². The number of nitrogens with one attached hydrogen (secondary N) is 1. The van der Waals surface area contributed by atoms with Gasteiger partial charge in [0.1, 0.15) is 28.8 Å². The van der Waals surface area contributed by atoms with E-state index in [4.69, 9.17) is 0 Å². The van der Waals surface area contributed by atoms with Crippen LogP contribution in [0.3, 0.4) is 0 Å². The largest absolute Gasteiger partial charge is 0.344 e. The van der Waals surface area contributed by atoms with Gasteiger partial charge in [-0.1, -0.05) is 74.0 Å². The topological polar surface area (TPSA) is 46.9 Å². The van der Waals surface area contributed by atoms with E-state index in [9.17, 15) is 13.6 Å². The van der Waals surface area contributed by atoms with E-state index in [-0.39, 0.29) is 28.9 Å². The lowest BCUT2D eigenvalue weighted by Gasteiger charge is -2.19. The zero-order valence-electron chi connectivity index (χ0n) is 18.6. The molecule has 0 radical (unpaired) electrons. The monoisotopic (exact) mass is 445 g/mol. The normalized spacial score (nSPS) is 11.9. The average Bonchev–Trinajstić information content (AvgIpc) is 3.16. The summed E-state index contributed by atoms with van der Waals surface area (Å²) in [7, 11) is 1.74. The van der Waals surface area contributed by atoms with Crippen molar-refractivity contribution in [1.29, 1.82) is 0 Å². The van der Waals surface area contributed by atoms with Crippen LogP contribution in [0, 0.1) is 11.6 Å². The van der Waals surface area contributed by atoms with E-state index in [1.165, 1.54) is 12.1 Å². The molecule has 3 aromatic carbocycles. The molecule has 0 saturated heterocycles. The smallest absolute Gasteiger partial charge is 0.270 e. The summed E-state index contributed by atoms with van der Waals surface area (Å²) < 4.78 is 29.7. The minimum absolute atomic E-state index is 0.198. The average molecular weight is 446 g/mol. The third-order valence-corrected chi connectivity index (χ3v) is 5.56. The molecule has 0 spiro atoms. The third-order valence-electron chi connectivity index (χ3n) is 5.56. The molecule has 4 aromatic rings. The van der Waals surface area contributed by atoms with Gasteiger partial charge in [-0.2, -0.15) is 0 Å². The molecular formula is C27H25F2N3O. The first-order valence-electron chi connectivity index (χ1n) is 10.9. The standard InChI is InChI=1S/C27H25F2N3O/c1-3-10-23(18-11-6-4-7-12-18)30-27(33)25-24(20-15-21(28)17-22(29)16-20)31-26(32(25)2)19-13-8-5-9-14-19/h4-9,11-17,23H,3,10H2,1-2H3,(H,30,33). The van der Waals surface area contributed by atoms with Gasteiger partial charge in [0.05, 0.1) is 6.04 Å². The van der Waals surface area contributed by atoms with E-state index in [0.29, 0.717) is 5.82 Å². The van der Waals surface area contributed by atoms with Crippen LogP contribution in [0.4, 0.5) is 8.78 Å². The van der Waals surface area contributed by atoms with Crippen LogP contribution in [-0.2, 0) is 7.05 Å². The van der Waals surface area contributed by atoms with Gasteiger partial charge in [0.15, 0.2) is 0 Å². The number of halogens is 2. The SMILES string of the molecule is CCCC(NC(=O)c1c(-c2cc(F)cc(F)c2)nc(-c2ccccc2)n1C)c1ccccc1. The van der Waals surface area contributed by atoms with Crippen molar-refractivity contribution in [2.45, 2.75) is 25.8 Å². The second-order valence-corrected chi connectivity index (χ2v) is 7.94. The number of rotatable bonds is 7. The Kier molecular flexibility index (Phi) is 6.63. The number of carbonyl (C=O) groups is 1. The molecule has 0 saturated carbocycles. The Hall–Kier alpha value is -3.80. The van der Waals surface area contributed by atoms with Crippen molar-refractivity contribution in [3.8, 4) is 22.6 Å². The van der Waals surface area contributed by atoms with Crippen LogP contribution in [0.5, 0.6) is 0 Å². The maximum absolute atomic E-state index is 14.0. The minimum Gasteiger partial charge on any atom is -0.344 e. The predicted octanol–water partition coefficient (Wildman–Crippen LogP) is 6.30. The molecule has 4 rings (SSSR count). The molecule has 1 heterocycles. The highest BCUT2D eigenvalue weighted by atomic mass is 19.1. The lowest BCUT2D eigenvalue weighted by Crippen LogP contribution is -2.30. The van der Waals surface area contributed by atoms with Crippen molar-refractivity contribution < 1.29 is 13.6 Å². The molecule has 6 heteroatoms. The maximum atomic E-state index is 14.0. The molecule has 0 aliphatic rings. The van der Waals surface area contributed by atoms with Crippen LogP contribution < -0.4 is 5.32 Å². The number of aromatic nitrogens is 2.